The maximum Gasteiger partial charge on any atom is 0.322 e. The molecule has 0 aliphatic heterocycles. The fraction of sp³-hybridized carbons (Fsp3) is 0.857. The van der Waals surface area contributed by atoms with Crippen molar-refractivity contribution in [3.8, 4) is 0 Å². The highest BCUT2D eigenvalue weighted by atomic mass is 16.5. The van der Waals surface area contributed by atoms with Crippen molar-refractivity contribution >= 4 is 5.97 Å². The highest BCUT2D eigenvalue weighted by molar-refractivity contribution is 5.75. The van der Waals surface area contributed by atoms with Gasteiger partial charge in [-0.15, -0.1) is 0 Å². The Morgan fingerprint density at radius 1 is 1.70 bits per heavy atom. The van der Waals surface area contributed by atoms with Crippen LogP contribution in [-0.2, 0) is 9.53 Å². The monoisotopic (exact) mass is 143 g/mol. The second kappa shape index (κ2) is 3.01. The predicted molar refractivity (Wildman–Crippen MR) is 37.3 cm³/mol. The van der Waals surface area contributed by atoms with Crippen LogP contribution < -0.4 is 5.73 Å². The van der Waals surface area contributed by atoms with E-state index in [1.807, 2.05) is 0 Å². The summed E-state index contributed by atoms with van der Waals surface area (Å²) in [6.45, 7) is 0. The molecule has 1 fully saturated rings. The van der Waals surface area contributed by atoms with Crippen LogP contribution in [0.4, 0.5) is 0 Å². The Balaban J connectivity index is 2.31. The molecule has 0 bridgehead atoms. The third-order valence-corrected chi connectivity index (χ3v) is 2.13. The maximum absolute atomic E-state index is 10.8. The molecule has 0 aromatic heterocycles. The molecule has 0 aromatic carbocycles. The lowest BCUT2D eigenvalue weighted by Crippen LogP contribution is -2.41. The zero-order valence-corrected chi connectivity index (χ0v) is 6.17. The molecule has 1 aliphatic rings. The van der Waals surface area contributed by atoms with Gasteiger partial charge in [0, 0.05) is 0 Å². The third kappa shape index (κ3) is 1.29. The lowest BCUT2D eigenvalue weighted by Gasteiger charge is -2.29. The number of carbonyl (C=O) groups is 1. The van der Waals surface area contributed by atoms with Crippen LogP contribution >= 0.6 is 0 Å². The molecular weight excluding hydrogens is 130 g/mol. The minimum Gasteiger partial charge on any atom is -0.468 e. The van der Waals surface area contributed by atoms with E-state index in [2.05, 4.69) is 4.74 Å². The zero-order chi connectivity index (χ0) is 7.56. The van der Waals surface area contributed by atoms with Crippen LogP contribution in [0.1, 0.15) is 19.3 Å². The van der Waals surface area contributed by atoms with E-state index in [-0.39, 0.29) is 12.0 Å². The van der Waals surface area contributed by atoms with Crippen molar-refractivity contribution in [1.82, 2.24) is 0 Å². The molecule has 10 heavy (non-hydrogen) atoms. The van der Waals surface area contributed by atoms with Gasteiger partial charge in [-0.25, -0.2) is 0 Å². The lowest BCUT2D eigenvalue weighted by molar-refractivity contribution is -0.144. The summed E-state index contributed by atoms with van der Waals surface area (Å²) in [4.78, 5) is 10.8. The van der Waals surface area contributed by atoms with Gasteiger partial charge in [0.15, 0.2) is 0 Å². The third-order valence-electron chi connectivity index (χ3n) is 2.13. The van der Waals surface area contributed by atoms with Gasteiger partial charge in [0.25, 0.3) is 0 Å². The van der Waals surface area contributed by atoms with Gasteiger partial charge >= 0.3 is 5.97 Å². The lowest BCUT2D eigenvalue weighted by atomic mass is 9.80. The Bertz CT molecular complexity index is 132. The minimum absolute atomic E-state index is 0.273. The number of nitrogens with two attached hydrogens (primary N) is 1. The summed E-state index contributed by atoms with van der Waals surface area (Å²) in [6, 6.07) is -0.376. The Kier molecular flexibility index (Phi) is 2.27. The fourth-order valence-corrected chi connectivity index (χ4v) is 1.13. The first-order valence-corrected chi connectivity index (χ1v) is 3.59. The first-order chi connectivity index (χ1) is 4.75. The molecule has 0 saturated heterocycles. The van der Waals surface area contributed by atoms with Crippen molar-refractivity contribution in [2.45, 2.75) is 25.3 Å². The normalized spacial score (nSPS) is 21.4. The first kappa shape index (κ1) is 7.54. The van der Waals surface area contributed by atoms with Gasteiger partial charge < -0.3 is 10.5 Å². The standard InChI is InChI=1S/C7H13NO2/c1-10-7(9)6(8)5-3-2-4-5/h5-6H,2-4,8H2,1H3/t6-/m0/s1. The van der Waals surface area contributed by atoms with Gasteiger partial charge in [0.1, 0.15) is 6.04 Å². The van der Waals surface area contributed by atoms with Crippen LogP contribution in [0.15, 0.2) is 0 Å². The van der Waals surface area contributed by atoms with Crippen molar-refractivity contribution in [2.75, 3.05) is 7.11 Å². The highest BCUT2D eigenvalue weighted by Gasteiger charge is 2.29. The zero-order valence-electron chi connectivity index (χ0n) is 6.17. The molecule has 0 heterocycles. The summed E-state index contributed by atoms with van der Waals surface area (Å²) in [5, 5.41) is 0. The van der Waals surface area contributed by atoms with Crippen molar-refractivity contribution in [2.24, 2.45) is 11.7 Å². The number of hydrogen-bond acceptors (Lipinski definition) is 3. The van der Waals surface area contributed by atoms with Crippen molar-refractivity contribution in [1.29, 1.82) is 0 Å². The van der Waals surface area contributed by atoms with E-state index >= 15 is 0 Å². The van der Waals surface area contributed by atoms with E-state index in [0.717, 1.165) is 12.8 Å². The van der Waals surface area contributed by atoms with E-state index in [1.165, 1.54) is 13.5 Å². The number of carbonyl (C=O) groups excluding carboxylic acids is 1. The summed E-state index contributed by atoms with van der Waals surface area (Å²) in [6.07, 6.45) is 3.36. The molecule has 1 atom stereocenters. The highest BCUT2D eigenvalue weighted by Crippen LogP contribution is 2.28. The van der Waals surface area contributed by atoms with Crippen molar-refractivity contribution in [3.63, 3.8) is 0 Å². The second-order valence-corrected chi connectivity index (χ2v) is 2.74. The topological polar surface area (TPSA) is 52.3 Å². The Labute approximate surface area is 60.5 Å². The number of hydrogen-bond donors (Lipinski definition) is 1. The molecule has 0 spiro atoms. The second-order valence-electron chi connectivity index (χ2n) is 2.74. The smallest absolute Gasteiger partial charge is 0.322 e. The largest absolute Gasteiger partial charge is 0.468 e. The number of rotatable bonds is 2. The number of ether oxygens (including phenoxy) is 1. The molecule has 58 valence electrons. The molecule has 0 amide bonds. The van der Waals surface area contributed by atoms with E-state index in [9.17, 15) is 4.79 Å². The van der Waals surface area contributed by atoms with Crippen LogP contribution in [0.5, 0.6) is 0 Å². The summed E-state index contributed by atoms with van der Waals surface area (Å²) >= 11 is 0. The molecule has 2 N–H and O–H groups in total. The average molecular weight is 143 g/mol. The molecule has 3 heteroatoms. The van der Waals surface area contributed by atoms with Crippen LogP contribution in [0, 0.1) is 5.92 Å². The van der Waals surface area contributed by atoms with E-state index in [0.29, 0.717) is 5.92 Å². The van der Waals surface area contributed by atoms with Crippen molar-refractivity contribution < 1.29 is 9.53 Å². The van der Waals surface area contributed by atoms with E-state index in [1.54, 1.807) is 0 Å². The van der Waals surface area contributed by atoms with Gasteiger partial charge in [-0.1, -0.05) is 6.42 Å². The quantitative estimate of drug-likeness (QED) is 0.565. The maximum atomic E-state index is 10.8. The predicted octanol–water partition coefficient (Wildman–Crippen LogP) is 0.287. The number of methoxy groups -OCH3 is 1. The molecule has 1 saturated carbocycles. The van der Waals surface area contributed by atoms with Crippen molar-refractivity contribution in [3.05, 3.63) is 0 Å². The SMILES string of the molecule is COC(=O)[C@@H](N)C1CCC1. The molecule has 0 aromatic rings. The van der Waals surface area contributed by atoms with Crippen LogP contribution in [0.25, 0.3) is 0 Å². The fourth-order valence-electron chi connectivity index (χ4n) is 1.13. The van der Waals surface area contributed by atoms with Gasteiger partial charge in [-0.2, -0.15) is 0 Å². The number of esters is 1. The summed E-state index contributed by atoms with van der Waals surface area (Å²) in [7, 11) is 1.38. The van der Waals surface area contributed by atoms with Crippen LogP contribution in [-0.4, -0.2) is 19.1 Å². The minimum atomic E-state index is -0.376. The van der Waals surface area contributed by atoms with Gasteiger partial charge in [-0.3, -0.25) is 4.79 Å². The van der Waals surface area contributed by atoms with Crippen LogP contribution in [0.3, 0.4) is 0 Å². The molecule has 0 unspecified atom stereocenters. The summed E-state index contributed by atoms with van der Waals surface area (Å²) in [5.74, 6) is 0.108. The molecule has 1 aliphatic carbocycles. The molecule has 0 radical (unpaired) electrons. The van der Waals surface area contributed by atoms with Gasteiger partial charge in [-0.05, 0) is 18.8 Å². The molecule has 1 rings (SSSR count). The van der Waals surface area contributed by atoms with Gasteiger partial charge in [0.05, 0.1) is 7.11 Å². The Morgan fingerprint density at radius 3 is 2.60 bits per heavy atom. The summed E-state index contributed by atoms with van der Waals surface area (Å²) in [5.41, 5.74) is 5.56. The first-order valence-electron chi connectivity index (χ1n) is 3.59. The van der Waals surface area contributed by atoms with Gasteiger partial charge in [0.2, 0.25) is 0 Å². The Hall–Kier alpha value is -0.570. The van der Waals surface area contributed by atoms with E-state index < -0.39 is 0 Å². The molecule has 3 nitrogen and oxygen atoms in total. The summed E-state index contributed by atoms with van der Waals surface area (Å²) < 4.78 is 4.50. The molecular formula is C7H13NO2. The average Bonchev–Trinajstić information content (AvgIpc) is 1.82. The van der Waals surface area contributed by atoms with E-state index in [4.69, 9.17) is 5.73 Å². The van der Waals surface area contributed by atoms with Crippen LogP contribution in [0.2, 0.25) is 0 Å². The Morgan fingerprint density at radius 2 is 2.30 bits per heavy atom.